The zero-order valence-corrected chi connectivity index (χ0v) is 11.1. The second-order valence-corrected chi connectivity index (χ2v) is 4.32. The fraction of sp³-hybridized carbons (Fsp3) is 0.667. The van der Waals surface area contributed by atoms with Crippen molar-refractivity contribution in [2.45, 2.75) is 26.4 Å². The highest BCUT2D eigenvalue weighted by molar-refractivity contribution is 5.44. The van der Waals surface area contributed by atoms with E-state index in [1.165, 1.54) is 0 Å². The lowest BCUT2D eigenvalue weighted by Gasteiger charge is -2.20. The van der Waals surface area contributed by atoms with Crippen molar-refractivity contribution in [3.8, 4) is 0 Å². The van der Waals surface area contributed by atoms with Crippen molar-refractivity contribution in [1.82, 2.24) is 15.3 Å². The molecule has 0 radical (unpaired) electrons. The van der Waals surface area contributed by atoms with Crippen molar-refractivity contribution >= 4 is 5.82 Å². The molecule has 1 heterocycles. The zero-order chi connectivity index (χ0) is 12.7. The third-order valence-corrected chi connectivity index (χ3v) is 2.46. The summed E-state index contributed by atoms with van der Waals surface area (Å²) in [6, 6.07) is 0.451. The molecule has 17 heavy (non-hydrogen) atoms. The molecule has 1 rings (SSSR count). The molecule has 0 aliphatic heterocycles. The lowest BCUT2D eigenvalue weighted by molar-refractivity contribution is 0.206. The summed E-state index contributed by atoms with van der Waals surface area (Å²) in [4.78, 5) is 10.5. The quantitative estimate of drug-likeness (QED) is 0.769. The van der Waals surface area contributed by atoms with Gasteiger partial charge in [-0.1, -0.05) is 13.8 Å². The highest BCUT2D eigenvalue weighted by Crippen LogP contribution is 2.14. The van der Waals surface area contributed by atoms with Gasteiger partial charge < -0.3 is 15.0 Å². The molecule has 0 aliphatic carbocycles. The first kappa shape index (κ1) is 13.9. The molecule has 0 saturated heterocycles. The first-order valence-electron chi connectivity index (χ1n) is 5.87. The van der Waals surface area contributed by atoms with Gasteiger partial charge in [0.2, 0.25) is 0 Å². The minimum Gasteiger partial charge on any atom is -0.383 e. The topological polar surface area (TPSA) is 50.3 Å². The van der Waals surface area contributed by atoms with Crippen LogP contribution >= 0.6 is 0 Å². The zero-order valence-electron chi connectivity index (χ0n) is 11.1. The third kappa shape index (κ3) is 4.66. The van der Waals surface area contributed by atoms with Gasteiger partial charge in [-0.2, -0.15) is 0 Å². The van der Waals surface area contributed by atoms with Gasteiger partial charge >= 0.3 is 0 Å². The summed E-state index contributed by atoms with van der Waals surface area (Å²) in [5.74, 6) is 0.963. The van der Waals surface area contributed by atoms with Gasteiger partial charge in [0.15, 0.2) is 0 Å². The number of aromatic nitrogens is 2. The molecule has 0 atom stereocenters. The van der Waals surface area contributed by atoms with Crippen molar-refractivity contribution in [2.24, 2.45) is 0 Å². The molecule has 1 aromatic rings. The molecule has 5 nitrogen and oxygen atoms in total. The Morgan fingerprint density at radius 2 is 2.24 bits per heavy atom. The molecular weight excluding hydrogens is 216 g/mol. The molecule has 0 spiro atoms. The van der Waals surface area contributed by atoms with Crippen LogP contribution in [0.25, 0.3) is 0 Å². The Morgan fingerprint density at radius 1 is 1.47 bits per heavy atom. The van der Waals surface area contributed by atoms with E-state index in [1.54, 1.807) is 13.4 Å². The summed E-state index contributed by atoms with van der Waals surface area (Å²) < 4.78 is 5.07. The molecule has 0 saturated carbocycles. The molecule has 1 aromatic heterocycles. The maximum atomic E-state index is 5.07. The number of hydrogen-bond donors (Lipinski definition) is 1. The van der Waals surface area contributed by atoms with Gasteiger partial charge in [-0.25, -0.2) is 9.97 Å². The fourth-order valence-electron chi connectivity index (χ4n) is 1.47. The number of anilines is 1. The predicted molar refractivity (Wildman–Crippen MR) is 69.2 cm³/mol. The van der Waals surface area contributed by atoms with Crippen molar-refractivity contribution < 1.29 is 4.74 Å². The normalized spacial score (nSPS) is 10.9. The lowest BCUT2D eigenvalue weighted by atomic mass is 10.2. The van der Waals surface area contributed by atoms with Crippen LogP contribution in [0.4, 0.5) is 5.82 Å². The minimum atomic E-state index is 0.451. The lowest BCUT2D eigenvalue weighted by Crippen LogP contribution is -2.27. The van der Waals surface area contributed by atoms with Crippen LogP contribution in [-0.2, 0) is 11.3 Å². The van der Waals surface area contributed by atoms with Crippen LogP contribution in [0.5, 0.6) is 0 Å². The number of rotatable bonds is 7. The minimum absolute atomic E-state index is 0.451. The first-order chi connectivity index (χ1) is 8.15. The Hall–Kier alpha value is -1.20. The Morgan fingerprint density at radius 3 is 2.88 bits per heavy atom. The van der Waals surface area contributed by atoms with Crippen molar-refractivity contribution in [1.29, 1.82) is 0 Å². The van der Waals surface area contributed by atoms with E-state index >= 15 is 0 Å². The maximum Gasteiger partial charge on any atom is 0.136 e. The second kappa shape index (κ2) is 7.19. The average molecular weight is 238 g/mol. The summed E-state index contributed by atoms with van der Waals surface area (Å²) in [7, 11) is 3.72. The number of nitrogens with one attached hydrogen (secondary N) is 1. The summed E-state index contributed by atoms with van der Waals surface area (Å²) >= 11 is 0. The molecule has 1 N–H and O–H groups in total. The summed E-state index contributed by atoms with van der Waals surface area (Å²) in [6.45, 7) is 6.54. The van der Waals surface area contributed by atoms with Gasteiger partial charge in [0.25, 0.3) is 0 Å². The van der Waals surface area contributed by atoms with E-state index < -0.39 is 0 Å². The Bertz CT molecular complexity index is 330. The monoisotopic (exact) mass is 238 g/mol. The van der Waals surface area contributed by atoms with Gasteiger partial charge in [-0.05, 0) is 0 Å². The molecule has 0 aliphatic rings. The van der Waals surface area contributed by atoms with E-state index in [0.29, 0.717) is 12.6 Å². The van der Waals surface area contributed by atoms with Crippen molar-refractivity contribution in [3.63, 3.8) is 0 Å². The van der Waals surface area contributed by atoms with Gasteiger partial charge in [0, 0.05) is 45.0 Å². The van der Waals surface area contributed by atoms with Crippen LogP contribution in [0, 0.1) is 0 Å². The smallest absolute Gasteiger partial charge is 0.136 e. The van der Waals surface area contributed by atoms with E-state index in [-0.39, 0.29) is 0 Å². The van der Waals surface area contributed by atoms with Crippen molar-refractivity contribution in [3.05, 3.63) is 18.1 Å². The van der Waals surface area contributed by atoms with Crippen LogP contribution in [0.15, 0.2) is 12.5 Å². The largest absolute Gasteiger partial charge is 0.383 e. The van der Waals surface area contributed by atoms with E-state index in [2.05, 4.69) is 34.0 Å². The number of methoxy groups -OCH3 is 1. The van der Waals surface area contributed by atoms with Crippen molar-refractivity contribution in [2.75, 3.05) is 32.2 Å². The molecule has 0 aromatic carbocycles. The number of likely N-dealkylation sites (N-methyl/N-ethyl adjacent to an activating group) is 1. The highest BCUT2D eigenvalue weighted by Gasteiger charge is 2.09. The number of nitrogens with zero attached hydrogens (tertiary/aromatic N) is 3. The van der Waals surface area contributed by atoms with E-state index in [9.17, 15) is 0 Å². The number of ether oxygens (including phenoxy) is 1. The maximum absolute atomic E-state index is 5.07. The van der Waals surface area contributed by atoms with Gasteiger partial charge in [0.1, 0.15) is 12.1 Å². The number of hydrogen-bond acceptors (Lipinski definition) is 5. The molecule has 96 valence electrons. The SMILES string of the molecule is COCCN(C)c1ncncc1CNC(C)C. The Kier molecular flexibility index (Phi) is 5.86. The van der Waals surface area contributed by atoms with Crippen LogP contribution in [-0.4, -0.2) is 43.3 Å². The molecular formula is C12H22N4O. The Balaban J connectivity index is 2.69. The van der Waals surface area contributed by atoms with Crippen LogP contribution < -0.4 is 10.2 Å². The van der Waals surface area contributed by atoms with Gasteiger partial charge in [-0.3, -0.25) is 0 Å². The van der Waals surface area contributed by atoms with E-state index in [1.807, 2.05) is 13.2 Å². The summed E-state index contributed by atoms with van der Waals surface area (Å²) in [6.07, 6.45) is 3.44. The van der Waals surface area contributed by atoms with E-state index in [0.717, 1.165) is 24.5 Å². The molecule has 0 amide bonds. The van der Waals surface area contributed by atoms with Gasteiger partial charge in [0.05, 0.1) is 6.61 Å². The van der Waals surface area contributed by atoms with Gasteiger partial charge in [-0.15, -0.1) is 0 Å². The van der Waals surface area contributed by atoms with Crippen LogP contribution in [0.3, 0.4) is 0 Å². The van der Waals surface area contributed by atoms with E-state index in [4.69, 9.17) is 4.74 Å². The Labute approximate surface area is 103 Å². The van der Waals surface area contributed by atoms with Crippen LogP contribution in [0.1, 0.15) is 19.4 Å². The fourth-order valence-corrected chi connectivity index (χ4v) is 1.47. The summed E-state index contributed by atoms with van der Waals surface area (Å²) in [5, 5.41) is 3.38. The summed E-state index contributed by atoms with van der Waals surface area (Å²) in [5.41, 5.74) is 1.11. The highest BCUT2D eigenvalue weighted by atomic mass is 16.5. The molecule has 0 fully saturated rings. The molecule has 5 heteroatoms. The molecule has 0 unspecified atom stereocenters. The first-order valence-corrected chi connectivity index (χ1v) is 5.87. The standard InChI is InChI=1S/C12H22N4O/c1-10(2)14-8-11-7-13-9-15-12(11)16(3)5-6-17-4/h7,9-10,14H,5-6,8H2,1-4H3. The average Bonchev–Trinajstić information content (AvgIpc) is 2.33. The predicted octanol–water partition coefficient (Wildman–Crippen LogP) is 1.06. The molecule has 0 bridgehead atoms. The third-order valence-electron chi connectivity index (χ3n) is 2.46. The van der Waals surface area contributed by atoms with Crippen LogP contribution in [0.2, 0.25) is 0 Å². The second-order valence-electron chi connectivity index (χ2n) is 4.32.